The molecule has 2 aromatic carbocycles. The second kappa shape index (κ2) is 6.85. The summed E-state index contributed by atoms with van der Waals surface area (Å²) in [6.07, 6.45) is 0.731. The van der Waals surface area contributed by atoms with Crippen LogP contribution in [-0.4, -0.2) is 10.2 Å². The Morgan fingerprint density at radius 1 is 1.09 bits per heavy atom. The first-order chi connectivity index (χ1) is 11.2. The van der Waals surface area contributed by atoms with Crippen LogP contribution in [0.2, 0.25) is 0 Å². The van der Waals surface area contributed by atoms with E-state index in [0.717, 1.165) is 17.0 Å². The fourth-order valence-corrected chi connectivity index (χ4v) is 3.59. The van der Waals surface area contributed by atoms with E-state index in [9.17, 15) is 5.26 Å². The molecule has 2 nitrogen and oxygen atoms in total. The number of nitrogens with zero attached hydrogens (tertiary/aromatic N) is 2. The predicted octanol–water partition coefficient (Wildman–Crippen LogP) is 5.08. The second-order valence-electron chi connectivity index (χ2n) is 5.72. The minimum absolute atomic E-state index is 0.134. The zero-order valence-electron chi connectivity index (χ0n) is 13.3. The number of pyridine rings is 1. The van der Waals surface area contributed by atoms with E-state index in [0.29, 0.717) is 0 Å². The van der Waals surface area contributed by atoms with Gasteiger partial charge in [-0.25, -0.2) is 4.98 Å². The van der Waals surface area contributed by atoms with Crippen molar-refractivity contribution in [3.8, 4) is 6.07 Å². The van der Waals surface area contributed by atoms with Crippen LogP contribution in [-0.2, 0) is 6.42 Å². The first-order valence-electron chi connectivity index (χ1n) is 7.64. The van der Waals surface area contributed by atoms with Crippen molar-refractivity contribution in [3.63, 3.8) is 0 Å². The quantitative estimate of drug-likeness (QED) is 0.630. The van der Waals surface area contributed by atoms with Gasteiger partial charge in [0, 0.05) is 5.39 Å². The lowest BCUT2D eigenvalue weighted by atomic mass is 10.1. The van der Waals surface area contributed by atoms with Gasteiger partial charge in [0.2, 0.25) is 0 Å². The highest BCUT2D eigenvalue weighted by Crippen LogP contribution is 2.28. The van der Waals surface area contributed by atoms with Crippen LogP contribution in [0, 0.1) is 25.2 Å². The number of aryl methyl sites for hydroxylation is 2. The number of hydrogen-bond donors (Lipinski definition) is 0. The highest BCUT2D eigenvalue weighted by Gasteiger charge is 2.13. The summed E-state index contributed by atoms with van der Waals surface area (Å²) in [6, 6.07) is 21.0. The van der Waals surface area contributed by atoms with Crippen LogP contribution < -0.4 is 0 Å². The standard InChI is InChI=1S/C20H18N2S/c1-14-7-9-16(10-8-14)12-17(13-21)23-20-11-15(2)18-5-3-4-6-19(18)22-20/h3-11,17H,12H2,1-2H3. The Kier molecular flexibility index (Phi) is 4.64. The molecule has 1 aromatic heterocycles. The van der Waals surface area contributed by atoms with Gasteiger partial charge in [0.1, 0.15) is 5.25 Å². The average Bonchev–Trinajstić information content (AvgIpc) is 2.56. The third-order valence-electron chi connectivity index (χ3n) is 3.85. The Morgan fingerprint density at radius 2 is 1.83 bits per heavy atom. The molecule has 114 valence electrons. The first kappa shape index (κ1) is 15.6. The van der Waals surface area contributed by atoms with Gasteiger partial charge in [-0.05, 0) is 43.5 Å². The average molecular weight is 318 g/mol. The molecule has 0 bridgehead atoms. The van der Waals surface area contributed by atoms with Gasteiger partial charge in [0.05, 0.1) is 16.6 Å². The minimum atomic E-state index is -0.134. The lowest BCUT2D eigenvalue weighted by Gasteiger charge is -2.11. The molecule has 3 rings (SSSR count). The molecule has 0 aliphatic carbocycles. The molecular formula is C20H18N2S. The summed E-state index contributed by atoms with van der Waals surface area (Å²) in [7, 11) is 0. The lowest BCUT2D eigenvalue weighted by Crippen LogP contribution is -2.04. The van der Waals surface area contributed by atoms with Crippen LogP contribution in [0.5, 0.6) is 0 Å². The van der Waals surface area contributed by atoms with Gasteiger partial charge in [0.15, 0.2) is 0 Å². The molecule has 3 heteroatoms. The molecular weight excluding hydrogens is 300 g/mol. The van der Waals surface area contributed by atoms with Gasteiger partial charge >= 0.3 is 0 Å². The topological polar surface area (TPSA) is 36.7 Å². The highest BCUT2D eigenvalue weighted by atomic mass is 32.2. The molecule has 3 aromatic rings. The Hall–Kier alpha value is -2.31. The van der Waals surface area contributed by atoms with E-state index in [1.807, 2.05) is 18.2 Å². The zero-order chi connectivity index (χ0) is 16.2. The molecule has 0 fully saturated rings. The molecule has 0 radical (unpaired) electrons. The highest BCUT2D eigenvalue weighted by molar-refractivity contribution is 8.00. The number of aromatic nitrogens is 1. The van der Waals surface area contributed by atoms with Crippen LogP contribution in [0.3, 0.4) is 0 Å². The van der Waals surface area contributed by atoms with Crippen molar-refractivity contribution < 1.29 is 0 Å². The van der Waals surface area contributed by atoms with Gasteiger partial charge < -0.3 is 0 Å². The fourth-order valence-electron chi connectivity index (χ4n) is 2.58. The van der Waals surface area contributed by atoms with E-state index >= 15 is 0 Å². The summed E-state index contributed by atoms with van der Waals surface area (Å²) in [5.41, 5.74) is 4.61. The maximum absolute atomic E-state index is 9.49. The van der Waals surface area contributed by atoms with Crippen molar-refractivity contribution in [3.05, 3.63) is 71.3 Å². The summed E-state index contributed by atoms with van der Waals surface area (Å²) in [5.74, 6) is 0. The van der Waals surface area contributed by atoms with E-state index in [1.165, 1.54) is 22.1 Å². The number of fused-ring (bicyclic) bond motifs is 1. The van der Waals surface area contributed by atoms with Crippen molar-refractivity contribution in [2.75, 3.05) is 0 Å². The Labute approximate surface area is 141 Å². The van der Waals surface area contributed by atoms with Crippen molar-refractivity contribution in [1.82, 2.24) is 4.98 Å². The number of benzene rings is 2. The monoisotopic (exact) mass is 318 g/mol. The Bertz CT molecular complexity index is 863. The molecule has 0 spiro atoms. The third-order valence-corrected chi connectivity index (χ3v) is 4.86. The van der Waals surface area contributed by atoms with E-state index in [1.54, 1.807) is 11.8 Å². The molecule has 1 heterocycles. The largest absolute Gasteiger partial charge is 0.241 e. The number of para-hydroxylation sites is 1. The number of nitriles is 1. The molecule has 0 aliphatic rings. The second-order valence-corrected chi connectivity index (χ2v) is 6.94. The van der Waals surface area contributed by atoms with Crippen LogP contribution in [0.4, 0.5) is 0 Å². The lowest BCUT2D eigenvalue weighted by molar-refractivity contribution is 1.02. The van der Waals surface area contributed by atoms with E-state index < -0.39 is 0 Å². The summed E-state index contributed by atoms with van der Waals surface area (Å²) in [5, 5.41) is 11.4. The normalized spacial score (nSPS) is 12.0. The molecule has 0 amide bonds. The number of thioether (sulfide) groups is 1. The third kappa shape index (κ3) is 3.72. The fraction of sp³-hybridized carbons (Fsp3) is 0.200. The van der Waals surface area contributed by atoms with E-state index in [2.05, 4.69) is 56.3 Å². The number of rotatable bonds is 4. The predicted molar refractivity (Wildman–Crippen MR) is 96.6 cm³/mol. The molecule has 1 atom stereocenters. The molecule has 23 heavy (non-hydrogen) atoms. The first-order valence-corrected chi connectivity index (χ1v) is 8.52. The SMILES string of the molecule is Cc1ccc(CC(C#N)Sc2cc(C)c3ccccc3n2)cc1. The van der Waals surface area contributed by atoms with Gasteiger partial charge in [-0.2, -0.15) is 5.26 Å². The van der Waals surface area contributed by atoms with E-state index in [4.69, 9.17) is 4.98 Å². The summed E-state index contributed by atoms with van der Waals surface area (Å²) in [4.78, 5) is 4.69. The van der Waals surface area contributed by atoms with Crippen LogP contribution in [0.1, 0.15) is 16.7 Å². The molecule has 0 saturated heterocycles. The van der Waals surface area contributed by atoms with Gasteiger partial charge in [-0.1, -0.05) is 59.8 Å². The maximum Gasteiger partial charge on any atom is 0.102 e. The molecule has 0 N–H and O–H groups in total. The van der Waals surface area contributed by atoms with Crippen molar-refractivity contribution in [2.45, 2.75) is 30.5 Å². The Balaban J connectivity index is 1.81. The van der Waals surface area contributed by atoms with E-state index in [-0.39, 0.29) is 5.25 Å². The van der Waals surface area contributed by atoms with Crippen molar-refractivity contribution >= 4 is 22.7 Å². The van der Waals surface area contributed by atoms with Crippen molar-refractivity contribution in [2.24, 2.45) is 0 Å². The van der Waals surface area contributed by atoms with Crippen LogP contribution in [0.15, 0.2) is 59.6 Å². The summed E-state index contributed by atoms with van der Waals surface area (Å²) < 4.78 is 0. The molecule has 1 unspecified atom stereocenters. The summed E-state index contributed by atoms with van der Waals surface area (Å²) >= 11 is 1.54. The zero-order valence-corrected chi connectivity index (χ0v) is 14.1. The van der Waals surface area contributed by atoms with Gasteiger partial charge in [-0.3, -0.25) is 0 Å². The molecule has 0 saturated carbocycles. The summed E-state index contributed by atoms with van der Waals surface area (Å²) in [6.45, 7) is 4.16. The Morgan fingerprint density at radius 3 is 2.57 bits per heavy atom. The minimum Gasteiger partial charge on any atom is -0.241 e. The number of hydrogen-bond acceptors (Lipinski definition) is 3. The molecule has 0 aliphatic heterocycles. The van der Waals surface area contributed by atoms with Gasteiger partial charge in [0.25, 0.3) is 0 Å². The van der Waals surface area contributed by atoms with Crippen molar-refractivity contribution in [1.29, 1.82) is 5.26 Å². The van der Waals surface area contributed by atoms with Crippen LogP contribution >= 0.6 is 11.8 Å². The van der Waals surface area contributed by atoms with Gasteiger partial charge in [-0.15, -0.1) is 0 Å². The van der Waals surface area contributed by atoms with Crippen LogP contribution in [0.25, 0.3) is 10.9 Å². The smallest absolute Gasteiger partial charge is 0.102 e. The maximum atomic E-state index is 9.49.